The summed E-state index contributed by atoms with van der Waals surface area (Å²) in [5.74, 6) is 1.20. The van der Waals surface area contributed by atoms with E-state index in [0.29, 0.717) is 23.7 Å². The largest absolute Gasteiger partial charge is 0.493 e. The molecule has 0 aliphatic carbocycles. The Bertz CT molecular complexity index is 540. The molecule has 0 amide bonds. The van der Waals surface area contributed by atoms with Crippen LogP contribution in [0.4, 0.5) is 0 Å². The van der Waals surface area contributed by atoms with Crippen molar-refractivity contribution in [3.8, 4) is 11.5 Å². The van der Waals surface area contributed by atoms with Gasteiger partial charge in [0.15, 0.2) is 11.5 Å². The van der Waals surface area contributed by atoms with Crippen LogP contribution in [0, 0.1) is 0 Å². The molecule has 1 aromatic carbocycles. The summed E-state index contributed by atoms with van der Waals surface area (Å²) in [6, 6.07) is 8.98. The third kappa shape index (κ3) is 3.55. The van der Waals surface area contributed by atoms with Crippen molar-refractivity contribution in [3.05, 3.63) is 53.9 Å². The first-order valence-electron chi connectivity index (χ1n) is 5.98. The number of aldehydes is 1. The molecule has 0 saturated carbocycles. The minimum absolute atomic E-state index is 0.504. The number of hydrogen-bond donors (Lipinski definition) is 0. The molecule has 98 valence electrons. The second-order valence-electron chi connectivity index (χ2n) is 3.99. The number of pyridine rings is 1. The SMILES string of the molecule is COc1ccc(C=O)cc1OCCc1cccnc1. The number of hydrogen-bond acceptors (Lipinski definition) is 4. The minimum Gasteiger partial charge on any atom is -0.493 e. The van der Waals surface area contributed by atoms with Crippen LogP contribution in [0.1, 0.15) is 15.9 Å². The first-order valence-corrected chi connectivity index (χ1v) is 5.98. The molecule has 1 heterocycles. The summed E-state index contributed by atoms with van der Waals surface area (Å²) >= 11 is 0. The molecule has 4 nitrogen and oxygen atoms in total. The fourth-order valence-electron chi connectivity index (χ4n) is 1.70. The van der Waals surface area contributed by atoms with Crippen LogP contribution >= 0.6 is 0 Å². The predicted molar refractivity (Wildman–Crippen MR) is 71.8 cm³/mol. The molecule has 0 bridgehead atoms. The average molecular weight is 257 g/mol. The molecule has 0 radical (unpaired) electrons. The van der Waals surface area contributed by atoms with Gasteiger partial charge in [0.05, 0.1) is 13.7 Å². The second kappa shape index (κ2) is 6.54. The molecule has 2 rings (SSSR count). The van der Waals surface area contributed by atoms with E-state index < -0.39 is 0 Å². The Morgan fingerprint density at radius 1 is 1.26 bits per heavy atom. The van der Waals surface area contributed by atoms with Gasteiger partial charge >= 0.3 is 0 Å². The number of methoxy groups -OCH3 is 1. The molecular formula is C15H15NO3. The van der Waals surface area contributed by atoms with Crippen LogP contribution in [-0.4, -0.2) is 25.0 Å². The number of aromatic nitrogens is 1. The first-order chi connectivity index (χ1) is 9.33. The van der Waals surface area contributed by atoms with Crippen LogP contribution < -0.4 is 9.47 Å². The smallest absolute Gasteiger partial charge is 0.161 e. The van der Waals surface area contributed by atoms with Crippen LogP contribution in [0.5, 0.6) is 11.5 Å². The lowest BCUT2D eigenvalue weighted by atomic mass is 10.2. The summed E-state index contributed by atoms with van der Waals surface area (Å²) in [6.45, 7) is 0.504. The average Bonchev–Trinajstić information content (AvgIpc) is 2.48. The highest BCUT2D eigenvalue weighted by molar-refractivity contribution is 5.76. The van der Waals surface area contributed by atoms with E-state index in [0.717, 1.165) is 18.3 Å². The van der Waals surface area contributed by atoms with Gasteiger partial charge in [0, 0.05) is 24.4 Å². The van der Waals surface area contributed by atoms with Crippen LogP contribution in [-0.2, 0) is 6.42 Å². The topological polar surface area (TPSA) is 48.4 Å². The summed E-state index contributed by atoms with van der Waals surface area (Å²) in [5, 5.41) is 0. The summed E-state index contributed by atoms with van der Waals surface area (Å²) in [7, 11) is 1.57. The van der Waals surface area contributed by atoms with E-state index in [1.165, 1.54) is 0 Å². The van der Waals surface area contributed by atoms with Crippen LogP contribution in [0.25, 0.3) is 0 Å². The number of rotatable bonds is 6. The van der Waals surface area contributed by atoms with Crippen LogP contribution in [0.15, 0.2) is 42.7 Å². The molecule has 0 unspecified atom stereocenters. The fourth-order valence-corrected chi connectivity index (χ4v) is 1.70. The number of nitrogens with zero attached hydrogens (tertiary/aromatic N) is 1. The zero-order valence-corrected chi connectivity index (χ0v) is 10.7. The predicted octanol–water partition coefficient (Wildman–Crippen LogP) is 2.52. The Morgan fingerprint density at radius 3 is 2.84 bits per heavy atom. The highest BCUT2D eigenvalue weighted by atomic mass is 16.5. The lowest BCUT2D eigenvalue weighted by molar-refractivity contribution is 0.112. The van der Waals surface area contributed by atoms with Gasteiger partial charge in [-0.1, -0.05) is 6.07 Å². The van der Waals surface area contributed by atoms with E-state index in [-0.39, 0.29) is 0 Å². The normalized spacial score (nSPS) is 9.95. The van der Waals surface area contributed by atoms with Gasteiger partial charge in [0.2, 0.25) is 0 Å². The van der Waals surface area contributed by atoms with Gasteiger partial charge < -0.3 is 9.47 Å². The number of carbonyl (C=O) groups excluding carboxylic acids is 1. The molecule has 0 aliphatic rings. The van der Waals surface area contributed by atoms with E-state index in [9.17, 15) is 4.79 Å². The van der Waals surface area contributed by atoms with Crippen molar-refractivity contribution in [1.82, 2.24) is 4.98 Å². The van der Waals surface area contributed by atoms with E-state index in [2.05, 4.69) is 4.98 Å². The van der Waals surface area contributed by atoms with Crippen LogP contribution in [0.2, 0.25) is 0 Å². The maximum absolute atomic E-state index is 10.7. The quantitative estimate of drug-likeness (QED) is 0.746. The summed E-state index contributed by atoms with van der Waals surface area (Å²) in [6.07, 6.45) is 5.08. The van der Waals surface area contributed by atoms with Gasteiger partial charge in [-0.2, -0.15) is 0 Å². The Balaban J connectivity index is 2.00. The molecular weight excluding hydrogens is 242 g/mol. The molecule has 0 atom stereocenters. The molecule has 0 spiro atoms. The third-order valence-electron chi connectivity index (χ3n) is 2.69. The van der Waals surface area contributed by atoms with E-state index in [4.69, 9.17) is 9.47 Å². The van der Waals surface area contributed by atoms with Crippen molar-refractivity contribution < 1.29 is 14.3 Å². The maximum atomic E-state index is 10.7. The van der Waals surface area contributed by atoms with Crippen molar-refractivity contribution in [1.29, 1.82) is 0 Å². The van der Waals surface area contributed by atoms with Gasteiger partial charge in [0.1, 0.15) is 6.29 Å². The number of benzene rings is 1. The zero-order valence-electron chi connectivity index (χ0n) is 10.7. The van der Waals surface area contributed by atoms with E-state index in [1.807, 2.05) is 18.3 Å². The van der Waals surface area contributed by atoms with Gasteiger partial charge in [-0.3, -0.25) is 9.78 Å². The molecule has 1 aromatic heterocycles. The van der Waals surface area contributed by atoms with Crippen molar-refractivity contribution >= 4 is 6.29 Å². The van der Waals surface area contributed by atoms with E-state index in [1.54, 1.807) is 31.5 Å². The molecule has 4 heteroatoms. The molecule has 0 N–H and O–H groups in total. The number of ether oxygens (including phenoxy) is 2. The van der Waals surface area contributed by atoms with Crippen molar-refractivity contribution in [2.75, 3.05) is 13.7 Å². The number of carbonyl (C=O) groups is 1. The molecule has 0 fully saturated rings. The Labute approximate surface area is 112 Å². The summed E-state index contributed by atoms with van der Waals surface area (Å²) in [5.41, 5.74) is 1.67. The monoisotopic (exact) mass is 257 g/mol. The van der Waals surface area contributed by atoms with Crippen molar-refractivity contribution in [3.63, 3.8) is 0 Å². The molecule has 2 aromatic rings. The van der Waals surface area contributed by atoms with Crippen molar-refractivity contribution in [2.24, 2.45) is 0 Å². The van der Waals surface area contributed by atoms with Gasteiger partial charge in [-0.25, -0.2) is 0 Å². The Morgan fingerprint density at radius 2 is 2.16 bits per heavy atom. The second-order valence-corrected chi connectivity index (χ2v) is 3.99. The fraction of sp³-hybridized carbons (Fsp3) is 0.200. The summed E-state index contributed by atoms with van der Waals surface area (Å²) in [4.78, 5) is 14.8. The molecule has 19 heavy (non-hydrogen) atoms. The Kier molecular flexibility index (Phi) is 4.50. The van der Waals surface area contributed by atoms with E-state index >= 15 is 0 Å². The first kappa shape index (κ1) is 13.1. The van der Waals surface area contributed by atoms with Gasteiger partial charge in [0.25, 0.3) is 0 Å². The van der Waals surface area contributed by atoms with Gasteiger partial charge in [-0.05, 0) is 29.8 Å². The molecule has 0 aliphatic heterocycles. The highest BCUT2D eigenvalue weighted by Gasteiger charge is 2.05. The minimum atomic E-state index is 0.504. The van der Waals surface area contributed by atoms with Crippen molar-refractivity contribution in [2.45, 2.75) is 6.42 Å². The summed E-state index contributed by atoms with van der Waals surface area (Å²) < 4.78 is 10.9. The lowest BCUT2D eigenvalue weighted by Gasteiger charge is -2.11. The zero-order chi connectivity index (χ0) is 13.5. The maximum Gasteiger partial charge on any atom is 0.161 e. The van der Waals surface area contributed by atoms with Crippen LogP contribution in [0.3, 0.4) is 0 Å². The highest BCUT2D eigenvalue weighted by Crippen LogP contribution is 2.27. The standard InChI is InChI=1S/C15H15NO3/c1-18-14-5-4-13(11-17)9-15(14)19-8-6-12-3-2-7-16-10-12/h2-5,7,9-11H,6,8H2,1H3. The third-order valence-corrected chi connectivity index (χ3v) is 2.69. The lowest BCUT2D eigenvalue weighted by Crippen LogP contribution is -2.03. The van der Waals surface area contributed by atoms with Gasteiger partial charge in [-0.15, -0.1) is 0 Å². The molecule has 0 saturated heterocycles. The Hall–Kier alpha value is -2.36.